The fourth-order valence-corrected chi connectivity index (χ4v) is 4.50. The van der Waals surface area contributed by atoms with Crippen molar-refractivity contribution < 1.29 is 0 Å². The normalized spacial score (nSPS) is 26.2. The number of rotatable bonds is 6. The fourth-order valence-electron chi connectivity index (χ4n) is 3.72. The lowest BCUT2D eigenvalue weighted by atomic mass is 9.77. The summed E-state index contributed by atoms with van der Waals surface area (Å²) in [5.74, 6) is 1.67. The van der Waals surface area contributed by atoms with Gasteiger partial charge in [0.15, 0.2) is 0 Å². The third kappa shape index (κ3) is 3.70. The molecule has 4 heteroatoms. The lowest BCUT2D eigenvalue weighted by molar-refractivity contribution is 0.225. The number of nitrogens with one attached hydrogen (secondary N) is 1. The van der Waals surface area contributed by atoms with Crippen LogP contribution in [-0.2, 0) is 19.9 Å². The van der Waals surface area contributed by atoms with Gasteiger partial charge in [-0.3, -0.25) is 4.68 Å². The second kappa shape index (κ2) is 6.82. The van der Waals surface area contributed by atoms with Crippen LogP contribution in [0.25, 0.3) is 0 Å². The summed E-state index contributed by atoms with van der Waals surface area (Å²) in [6.45, 7) is 3.41. The average Bonchev–Trinajstić information content (AvgIpc) is 3.28. The van der Waals surface area contributed by atoms with Crippen LogP contribution in [0.15, 0.2) is 4.47 Å². The molecule has 2 unspecified atom stereocenters. The van der Waals surface area contributed by atoms with Gasteiger partial charge in [-0.2, -0.15) is 5.10 Å². The number of aromatic nitrogens is 2. The van der Waals surface area contributed by atoms with E-state index in [1.54, 1.807) is 0 Å². The minimum absolute atomic E-state index is 0.821. The third-order valence-corrected chi connectivity index (χ3v) is 6.19. The molecule has 1 aromatic heterocycles. The molecule has 21 heavy (non-hydrogen) atoms. The molecule has 3 rings (SSSR count). The molecule has 2 aliphatic rings. The molecule has 0 amide bonds. The Morgan fingerprint density at radius 1 is 1.19 bits per heavy atom. The standard InChI is InChI=1S/C17H28BrN3/c1-3-15-17(18)16(21(2)20-15)10-12-6-4-5-7-13(12)11-19-14-8-9-14/h12-14,19H,3-11H2,1-2H3. The van der Waals surface area contributed by atoms with Gasteiger partial charge in [-0.25, -0.2) is 0 Å². The van der Waals surface area contributed by atoms with Crippen molar-refractivity contribution in [1.29, 1.82) is 0 Å². The van der Waals surface area contributed by atoms with Crippen LogP contribution < -0.4 is 5.32 Å². The van der Waals surface area contributed by atoms with Crippen molar-refractivity contribution in [3.63, 3.8) is 0 Å². The molecule has 1 heterocycles. The lowest BCUT2D eigenvalue weighted by Gasteiger charge is -2.32. The molecule has 0 saturated heterocycles. The first-order valence-corrected chi connectivity index (χ1v) is 9.42. The molecule has 2 saturated carbocycles. The third-order valence-electron chi connectivity index (χ3n) is 5.27. The topological polar surface area (TPSA) is 29.9 Å². The van der Waals surface area contributed by atoms with E-state index in [9.17, 15) is 0 Å². The Morgan fingerprint density at radius 3 is 2.52 bits per heavy atom. The van der Waals surface area contributed by atoms with Crippen LogP contribution >= 0.6 is 15.9 Å². The minimum atomic E-state index is 0.821. The fraction of sp³-hybridized carbons (Fsp3) is 0.824. The molecule has 118 valence electrons. The van der Waals surface area contributed by atoms with Gasteiger partial charge >= 0.3 is 0 Å². The van der Waals surface area contributed by atoms with Crippen LogP contribution in [0.2, 0.25) is 0 Å². The number of hydrogen-bond donors (Lipinski definition) is 1. The monoisotopic (exact) mass is 353 g/mol. The maximum atomic E-state index is 4.66. The van der Waals surface area contributed by atoms with Crippen molar-refractivity contribution in [3.05, 3.63) is 15.9 Å². The highest BCUT2D eigenvalue weighted by molar-refractivity contribution is 9.10. The quantitative estimate of drug-likeness (QED) is 0.841. The highest BCUT2D eigenvalue weighted by atomic mass is 79.9. The van der Waals surface area contributed by atoms with E-state index < -0.39 is 0 Å². The van der Waals surface area contributed by atoms with Crippen LogP contribution in [0.3, 0.4) is 0 Å². The summed E-state index contributed by atoms with van der Waals surface area (Å²) in [7, 11) is 2.10. The minimum Gasteiger partial charge on any atom is -0.314 e. The van der Waals surface area contributed by atoms with Crippen LogP contribution in [-0.4, -0.2) is 22.4 Å². The van der Waals surface area contributed by atoms with Gasteiger partial charge in [0.1, 0.15) is 0 Å². The summed E-state index contributed by atoms with van der Waals surface area (Å²) in [4.78, 5) is 0. The second-order valence-electron chi connectivity index (χ2n) is 6.88. The summed E-state index contributed by atoms with van der Waals surface area (Å²) >= 11 is 3.78. The number of aryl methyl sites for hydroxylation is 2. The Kier molecular flexibility index (Phi) is 5.05. The smallest absolute Gasteiger partial charge is 0.0766 e. The highest BCUT2D eigenvalue weighted by Gasteiger charge is 2.29. The largest absolute Gasteiger partial charge is 0.314 e. The first-order chi connectivity index (χ1) is 10.2. The van der Waals surface area contributed by atoms with Gasteiger partial charge in [0.25, 0.3) is 0 Å². The Hall–Kier alpha value is -0.350. The van der Waals surface area contributed by atoms with Crippen molar-refractivity contribution in [2.45, 2.75) is 64.3 Å². The highest BCUT2D eigenvalue weighted by Crippen LogP contribution is 2.35. The van der Waals surface area contributed by atoms with E-state index in [0.29, 0.717) is 0 Å². The molecule has 1 N–H and O–H groups in total. The Bertz CT molecular complexity index is 479. The summed E-state index contributed by atoms with van der Waals surface area (Å²) in [5, 5.41) is 8.41. The zero-order chi connectivity index (χ0) is 14.8. The Morgan fingerprint density at radius 2 is 1.90 bits per heavy atom. The molecule has 0 aliphatic heterocycles. The van der Waals surface area contributed by atoms with Gasteiger partial charge in [-0.05, 0) is 72.8 Å². The summed E-state index contributed by atoms with van der Waals surface area (Å²) < 4.78 is 3.36. The Labute approximate surface area is 137 Å². The van der Waals surface area contributed by atoms with Gasteiger partial charge in [0.05, 0.1) is 15.9 Å². The predicted molar refractivity (Wildman–Crippen MR) is 90.5 cm³/mol. The van der Waals surface area contributed by atoms with Gasteiger partial charge in [0, 0.05) is 13.1 Å². The maximum Gasteiger partial charge on any atom is 0.0766 e. The summed E-state index contributed by atoms with van der Waals surface area (Å²) in [5.41, 5.74) is 2.60. The summed E-state index contributed by atoms with van der Waals surface area (Å²) in [6.07, 6.45) is 10.6. The van der Waals surface area contributed by atoms with Gasteiger partial charge < -0.3 is 5.32 Å². The van der Waals surface area contributed by atoms with Crippen molar-refractivity contribution in [2.24, 2.45) is 18.9 Å². The lowest BCUT2D eigenvalue weighted by Crippen LogP contribution is -2.33. The van der Waals surface area contributed by atoms with E-state index in [1.807, 2.05) is 0 Å². The molecule has 0 spiro atoms. The second-order valence-corrected chi connectivity index (χ2v) is 7.67. The van der Waals surface area contributed by atoms with Crippen LogP contribution in [0.5, 0.6) is 0 Å². The molecule has 2 fully saturated rings. The van der Waals surface area contributed by atoms with Gasteiger partial charge in [-0.15, -0.1) is 0 Å². The Balaban J connectivity index is 1.67. The van der Waals surface area contributed by atoms with Crippen molar-refractivity contribution >= 4 is 15.9 Å². The van der Waals surface area contributed by atoms with E-state index in [2.05, 4.69) is 45.0 Å². The first-order valence-electron chi connectivity index (χ1n) is 8.62. The van der Waals surface area contributed by atoms with E-state index in [0.717, 1.165) is 24.3 Å². The molecule has 1 aromatic rings. The van der Waals surface area contributed by atoms with Gasteiger partial charge in [-0.1, -0.05) is 19.8 Å². The first kappa shape index (κ1) is 15.5. The number of hydrogen-bond acceptors (Lipinski definition) is 2. The van der Waals surface area contributed by atoms with Crippen molar-refractivity contribution in [1.82, 2.24) is 15.1 Å². The molecular formula is C17H28BrN3. The predicted octanol–water partition coefficient (Wildman–Crippen LogP) is 3.85. The summed E-state index contributed by atoms with van der Waals surface area (Å²) in [6, 6.07) is 0.836. The van der Waals surface area contributed by atoms with Crippen LogP contribution in [0.1, 0.15) is 56.8 Å². The zero-order valence-corrected chi connectivity index (χ0v) is 15.0. The van der Waals surface area contributed by atoms with Crippen LogP contribution in [0.4, 0.5) is 0 Å². The molecule has 0 aromatic carbocycles. The SMILES string of the molecule is CCc1nn(C)c(CC2CCCCC2CNC2CC2)c1Br. The molecule has 0 radical (unpaired) electrons. The van der Waals surface area contributed by atoms with Crippen molar-refractivity contribution in [2.75, 3.05) is 6.54 Å². The van der Waals surface area contributed by atoms with Crippen molar-refractivity contribution in [3.8, 4) is 0 Å². The van der Waals surface area contributed by atoms with E-state index in [1.165, 1.54) is 67.4 Å². The maximum absolute atomic E-state index is 4.66. The van der Waals surface area contributed by atoms with E-state index in [-0.39, 0.29) is 0 Å². The molecule has 0 bridgehead atoms. The number of halogens is 1. The molecular weight excluding hydrogens is 326 g/mol. The van der Waals surface area contributed by atoms with Crippen LogP contribution in [0, 0.1) is 11.8 Å². The molecule has 2 aliphatic carbocycles. The molecule has 3 nitrogen and oxygen atoms in total. The van der Waals surface area contributed by atoms with E-state index in [4.69, 9.17) is 0 Å². The molecule has 2 atom stereocenters. The van der Waals surface area contributed by atoms with E-state index >= 15 is 0 Å². The van der Waals surface area contributed by atoms with Gasteiger partial charge in [0.2, 0.25) is 0 Å². The zero-order valence-electron chi connectivity index (χ0n) is 13.4. The average molecular weight is 354 g/mol. The number of nitrogens with zero attached hydrogens (tertiary/aromatic N) is 2.